The molecule has 29 heavy (non-hydrogen) atoms. The van der Waals surface area contributed by atoms with Gasteiger partial charge in [0.2, 0.25) is 15.9 Å². The summed E-state index contributed by atoms with van der Waals surface area (Å²) in [6.45, 7) is 1.75. The van der Waals surface area contributed by atoms with Crippen molar-refractivity contribution in [2.24, 2.45) is 5.14 Å². The fourth-order valence-electron chi connectivity index (χ4n) is 2.23. The van der Waals surface area contributed by atoms with Gasteiger partial charge in [-0.2, -0.15) is 0 Å². The van der Waals surface area contributed by atoms with Gasteiger partial charge in [-0.05, 0) is 67.7 Å². The lowest BCUT2D eigenvalue weighted by atomic mass is 10.3. The number of nitrogens with zero attached hydrogens (tertiary/aromatic N) is 2. The molecule has 0 aliphatic rings. The summed E-state index contributed by atoms with van der Waals surface area (Å²) in [4.78, 5) is 12.4. The second-order valence-corrected chi connectivity index (χ2v) is 11.0. The van der Waals surface area contributed by atoms with Gasteiger partial charge in [0.05, 0.1) is 15.8 Å². The number of sulfonamides is 1. The van der Waals surface area contributed by atoms with Crippen molar-refractivity contribution < 1.29 is 13.2 Å². The molecule has 152 valence electrons. The lowest BCUT2D eigenvalue weighted by Crippen LogP contribution is -2.22. The van der Waals surface area contributed by atoms with Gasteiger partial charge in [-0.25, -0.2) is 18.2 Å². The number of aromatic nitrogens is 2. The number of hydrogen-bond acceptors (Lipinski definition) is 7. The Kier molecular flexibility index (Phi) is 6.76. The van der Waals surface area contributed by atoms with E-state index in [0.29, 0.717) is 19.0 Å². The normalized spacial score (nSPS) is 12.5. The van der Waals surface area contributed by atoms with E-state index < -0.39 is 15.3 Å². The number of hydrogen-bond donors (Lipinski definition) is 2. The Bertz CT molecular complexity index is 1190. The van der Waals surface area contributed by atoms with E-state index >= 15 is 0 Å². The third-order valence-corrected chi connectivity index (χ3v) is 7.30. The number of rotatable bonds is 6. The average molecular weight is 487 g/mol. The smallest absolute Gasteiger partial charge is 0.238 e. The summed E-state index contributed by atoms with van der Waals surface area (Å²) < 4.78 is 25.4. The minimum atomic E-state index is -3.78. The lowest BCUT2D eigenvalue weighted by Gasteiger charge is -2.10. The number of nitrogens with two attached hydrogens (primary N) is 1. The Morgan fingerprint density at radius 1 is 1.24 bits per heavy atom. The van der Waals surface area contributed by atoms with Gasteiger partial charge in [0.25, 0.3) is 0 Å². The molecule has 3 N–H and O–H groups in total. The predicted molar refractivity (Wildman–Crippen MR) is 119 cm³/mol. The van der Waals surface area contributed by atoms with E-state index in [1.165, 1.54) is 47.4 Å². The highest BCUT2D eigenvalue weighted by Crippen LogP contribution is 2.28. The molecule has 0 fully saturated rings. The van der Waals surface area contributed by atoms with E-state index in [4.69, 9.17) is 29.0 Å². The van der Waals surface area contributed by atoms with Crippen LogP contribution in [0.3, 0.4) is 0 Å². The topological polar surface area (TPSA) is 107 Å². The van der Waals surface area contributed by atoms with Gasteiger partial charge >= 0.3 is 0 Å². The van der Waals surface area contributed by atoms with Crippen LogP contribution in [0.4, 0.5) is 5.69 Å². The van der Waals surface area contributed by atoms with Gasteiger partial charge in [0.15, 0.2) is 8.29 Å². The number of amides is 1. The second kappa shape index (κ2) is 8.94. The second-order valence-electron chi connectivity index (χ2n) is 5.84. The average Bonchev–Trinajstić information content (AvgIpc) is 3.02. The van der Waals surface area contributed by atoms with Gasteiger partial charge in [-0.15, -0.1) is 5.10 Å². The number of thioether (sulfide) groups is 1. The van der Waals surface area contributed by atoms with Crippen LogP contribution >= 0.6 is 46.9 Å². The molecule has 2 aromatic carbocycles. The molecular weight excluding hydrogens is 472 g/mol. The molecule has 1 aromatic heterocycles. The molecule has 0 radical (unpaired) electrons. The zero-order valence-electron chi connectivity index (χ0n) is 14.9. The Morgan fingerprint density at radius 2 is 1.86 bits per heavy atom. The first kappa shape index (κ1) is 21.9. The summed E-state index contributed by atoms with van der Waals surface area (Å²) in [7, 11) is -3.78. The lowest BCUT2D eigenvalue weighted by molar-refractivity contribution is -0.115. The number of carbonyl (C=O) groups excluding carboxylic acids is 1. The first-order valence-corrected chi connectivity index (χ1v) is 12.1. The summed E-state index contributed by atoms with van der Waals surface area (Å²) in [6, 6.07) is 12.8. The van der Waals surface area contributed by atoms with Crippen molar-refractivity contribution in [3.05, 3.63) is 57.5 Å². The SMILES string of the molecule is CC(Sc1nn(-c2ccc(Cl)cc2)c(=S)s1)C(=O)Nc1ccc(S(N)(=O)=O)cc1. The highest BCUT2D eigenvalue weighted by atomic mass is 35.5. The maximum absolute atomic E-state index is 12.5. The number of nitrogens with one attached hydrogen (secondary N) is 1. The van der Waals surface area contributed by atoms with E-state index in [0.717, 1.165) is 5.69 Å². The Balaban J connectivity index is 1.68. The van der Waals surface area contributed by atoms with Crippen LogP contribution in [0.5, 0.6) is 0 Å². The van der Waals surface area contributed by atoms with Crippen LogP contribution in [-0.2, 0) is 14.8 Å². The minimum absolute atomic E-state index is 0.0227. The van der Waals surface area contributed by atoms with E-state index in [-0.39, 0.29) is 10.8 Å². The summed E-state index contributed by atoms with van der Waals surface area (Å²) in [5.41, 5.74) is 1.25. The van der Waals surface area contributed by atoms with Crippen molar-refractivity contribution in [2.45, 2.75) is 21.4 Å². The summed E-state index contributed by atoms with van der Waals surface area (Å²) >= 11 is 13.9. The maximum Gasteiger partial charge on any atom is 0.238 e. The van der Waals surface area contributed by atoms with Crippen molar-refractivity contribution >= 4 is 68.5 Å². The van der Waals surface area contributed by atoms with Crippen LogP contribution in [-0.4, -0.2) is 29.4 Å². The van der Waals surface area contributed by atoms with Crippen molar-refractivity contribution in [2.75, 3.05) is 5.32 Å². The number of primary sulfonamides is 1. The van der Waals surface area contributed by atoms with Crippen molar-refractivity contribution in [3.63, 3.8) is 0 Å². The molecule has 12 heteroatoms. The number of anilines is 1. The number of halogens is 1. The zero-order valence-corrected chi connectivity index (χ0v) is 18.9. The first-order chi connectivity index (χ1) is 13.6. The standard InChI is InChI=1S/C17H15ClN4O3S4/c1-10(15(23)20-12-4-8-14(9-5-12)29(19,24)25)27-16-21-22(17(26)28-16)13-6-2-11(18)3-7-13/h2-10H,1H3,(H,20,23)(H2,19,24,25). The van der Waals surface area contributed by atoms with Crippen LogP contribution in [0.15, 0.2) is 57.8 Å². The number of benzene rings is 2. The van der Waals surface area contributed by atoms with Crippen molar-refractivity contribution in [1.82, 2.24) is 9.78 Å². The number of carbonyl (C=O) groups is 1. The Hall–Kier alpha value is -1.76. The summed E-state index contributed by atoms with van der Waals surface area (Å²) in [6.07, 6.45) is 0. The molecule has 0 saturated carbocycles. The molecule has 1 heterocycles. The van der Waals surface area contributed by atoms with E-state index in [9.17, 15) is 13.2 Å². The first-order valence-electron chi connectivity index (χ1n) is 8.10. The molecule has 3 aromatic rings. The minimum Gasteiger partial charge on any atom is -0.325 e. The highest BCUT2D eigenvalue weighted by Gasteiger charge is 2.18. The summed E-state index contributed by atoms with van der Waals surface area (Å²) in [5.74, 6) is -0.252. The predicted octanol–water partition coefficient (Wildman–Crippen LogP) is 4.08. The van der Waals surface area contributed by atoms with Crippen molar-refractivity contribution in [3.8, 4) is 5.69 Å². The van der Waals surface area contributed by atoms with Crippen LogP contribution in [0.2, 0.25) is 5.02 Å². The zero-order chi connectivity index (χ0) is 21.2. The van der Waals surface area contributed by atoms with Gasteiger partial charge in [-0.3, -0.25) is 4.79 Å². The van der Waals surface area contributed by atoms with Gasteiger partial charge < -0.3 is 5.32 Å². The molecule has 0 aliphatic carbocycles. The monoisotopic (exact) mass is 486 g/mol. The fourth-order valence-corrected chi connectivity index (χ4v) is 5.38. The van der Waals surface area contributed by atoms with E-state index in [2.05, 4.69) is 10.4 Å². The quantitative estimate of drug-likeness (QED) is 0.401. The van der Waals surface area contributed by atoms with E-state index in [1.54, 1.807) is 23.7 Å². The fraction of sp³-hybridized carbons (Fsp3) is 0.118. The largest absolute Gasteiger partial charge is 0.325 e. The Labute approximate surface area is 185 Å². The molecule has 0 saturated heterocycles. The molecule has 1 atom stereocenters. The van der Waals surface area contributed by atoms with Crippen LogP contribution in [0, 0.1) is 3.95 Å². The third kappa shape index (κ3) is 5.65. The molecular formula is C17H15ClN4O3S4. The highest BCUT2D eigenvalue weighted by molar-refractivity contribution is 8.02. The molecule has 1 unspecified atom stereocenters. The van der Waals surface area contributed by atoms with Crippen LogP contribution in [0.25, 0.3) is 5.69 Å². The van der Waals surface area contributed by atoms with Crippen molar-refractivity contribution in [1.29, 1.82) is 0 Å². The molecule has 0 aliphatic heterocycles. The molecule has 7 nitrogen and oxygen atoms in total. The van der Waals surface area contributed by atoms with Gasteiger partial charge in [-0.1, -0.05) is 34.7 Å². The van der Waals surface area contributed by atoms with Gasteiger partial charge in [0, 0.05) is 10.7 Å². The third-order valence-electron chi connectivity index (χ3n) is 3.70. The van der Waals surface area contributed by atoms with E-state index in [1.807, 2.05) is 12.1 Å². The molecule has 1 amide bonds. The maximum atomic E-state index is 12.5. The van der Waals surface area contributed by atoms with Crippen LogP contribution in [0.1, 0.15) is 6.92 Å². The summed E-state index contributed by atoms with van der Waals surface area (Å²) in [5, 5.41) is 12.4. The van der Waals surface area contributed by atoms with Crippen LogP contribution < -0.4 is 10.5 Å². The molecule has 3 rings (SSSR count). The Morgan fingerprint density at radius 3 is 2.45 bits per heavy atom. The van der Waals surface area contributed by atoms with Gasteiger partial charge in [0.1, 0.15) is 0 Å². The molecule has 0 bridgehead atoms. The molecule has 0 spiro atoms.